The fourth-order valence-electron chi connectivity index (χ4n) is 1.18. The molecule has 0 fully saturated rings. The monoisotopic (exact) mass is 236 g/mol. The highest BCUT2D eigenvalue weighted by Gasteiger charge is 2.13. The van der Waals surface area contributed by atoms with E-state index < -0.39 is 6.10 Å². The van der Waals surface area contributed by atoms with E-state index >= 15 is 0 Å². The van der Waals surface area contributed by atoms with Gasteiger partial charge in [-0.2, -0.15) is 0 Å². The number of carbonyl (C=O) groups is 2. The number of nitrogens with zero attached hydrogens (tertiary/aromatic N) is 1. The van der Waals surface area contributed by atoms with Crippen LogP contribution in [0.3, 0.4) is 0 Å². The molecule has 5 nitrogen and oxygen atoms in total. The zero-order valence-corrected chi connectivity index (χ0v) is 9.97. The third kappa shape index (κ3) is 4.22. The summed E-state index contributed by atoms with van der Waals surface area (Å²) in [6.45, 7) is 4.28. The Balaban J connectivity index is 2.51. The number of aromatic nitrogens is 1. The van der Waals surface area contributed by atoms with Gasteiger partial charge < -0.3 is 10.1 Å². The predicted octanol–water partition coefficient (Wildman–Crippen LogP) is 1.19. The van der Waals surface area contributed by atoms with Crippen LogP contribution in [0.15, 0.2) is 18.3 Å². The van der Waals surface area contributed by atoms with Gasteiger partial charge in [0.1, 0.15) is 11.4 Å². The second kappa shape index (κ2) is 6.62. The standard InChI is InChI=1S/C12H16N2O3/c1-3-6-13-12(16)9(2)17-11-5-4-10(8-15)14-7-11/h4-5,7-9H,3,6H2,1-2H3,(H,13,16). The molecule has 17 heavy (non-hydrogen) atoms. The van der Waals surface area contributed by atoms with E-state index in [9.17, 15) is 9.59 Å². The Morgan fingerprint density at radius 1 is 1.59 bits per heavy atom. The summed E-state index contributed by atoms with van der Waals surface area (Å²) in [5, 5.41) is 2.73. The van der Waals surface area contributed by atoms with Crippen molar-refractivity contribution in [2.45, 2.75) is 26.4 Å². The van der Waals surface area contributed by atoms with E-state index in [0.717, 1.165) is 6.42 Å². The van der Waals surface area contributed by atoms with Gasteiger partial charge in [0.25, 0.3) is 5.91 Å². The van der Waals surface area contributed by atoms with Crippen molar-refractivity contribution < 1.29 is 14.3 Å². The zero-order chi connectivity index (χ0) is 12.7. The lowest BCUT2D eigenvalue weighted by Crippen LogP contribution is -2.36. The van der Waals surface area contributed by atoms with E-state index in [4.69, 9.17) is 4.74 Å². The van der Waals surface area contributed by atoms with Gasteiger partial charge in [0.2, 0.25) is 0 Å². The van der Waals surface area contributed by atoms with E-state index in [0.29, 0.717) is 24.3 Å². The second-order valence-corrected chi connectivity index (χ2v) is 3.59. The van der Waals surface area contributed by atoms with Gasteiger partial charge in [-0.15, -0.1) is 0 Å². The van der Waals surface area contributed by atoms with Gasteiger partial charge in [0.05, 0.1) is 6.20 Å². The van der Waals surface area contributed by atoms with Crippen LogP contribution in [0, 0.1) is 0 Å². The number of rotatable bonds is 6. The van der Waals surface area contributed by atoms with E-state index in [1.807, 2.05) is 6.92 Å². The summed E-state index contributed by atoms with van der Waals surface area (Å²) in [4.78, 5) is 25.8. The minimum atomic E-state index is -0.578. The van der Waals surface area contributed by atoms with Gasteiger partial charge in [-0.3, -0.25) is 9.59 Å². The Bertz CT molecular complexity index is 376. The summed E-state index contributed by atoms with van der Waals surface area (Å²) >= 11 is 0. The summed E-state index contributed by atoms with van der Waals surface area (Å²) in [7, 11) is 0. The quantitative estimate of drug-likeness (QED) is 0.753. The van der Waals surface area contributed by atoms with Gasteiger partial charge in [-0.05, 0) is 25.5 Å². The first kappa shape index (κ1) is 13.2. The Hall–Kier alpha value is -1.91. The molecule has 0 aliphatic carbocycles. The van der Waals surface area contributed by atoms with Crippen molar-refractivity contribution in [2.24, 2.45) is 0 Å². The number of aldehydes is 1. The highest BCUT2D eigenvalue weighted by Crippen LogP contribution is 2.10. The van der Waals surface area contributed by atoms with Gasteiger partial charge in [0.15, 0.2) is 12.4 Å². The molecule has 1 N–H and O–H groups in total. The van der Waals surface area contributed by atoms with Crippen molar-refractivity contribution in [3.63, 3.8) is 0 Å². The SMILES string of the molecule is CCCNC(=O)C(C)Oc1ccc(C=O)nc1. The first-order valence-corrected chi connectivity index (χ1v) is 5.53. The molecule has 0 aliphatic heterocycles. The summed E-state index contributed by atoms with van der Waals surface area (Å²) < 4.78 is 5.38. The summed E-state index contributed by atoms with van der Waals surface area (Å²) in [6, 6.07) is 3.15. The number of pyridine rings is 1. The summed E-state index contributed by atoms with van der Waals surface area (Å²) in [5.41, 5.74) is 0.334. The smallest absolute Gasteiger partial charge is 0.260 e. The van der Waals surface area contributed by atoms with Crippen molar-refractivity contribution in [3.05, 3.63) is 24.0 Å². The van der Waals surface area contributed by atoms with Crippen LogP contribution >= 0.6 is 0 Å². The molecule has 5 heteroatoms. The maximum absolute atomic E-state index is 11.5. The molecule has 0 bridgehead atoms. The summed E-state index contributed by atoms with van der Waals surface area (Å²) in [6.07, 6.45) is 2.38. The molecule has 0 radical (unpaired) electrons. The van der Waals surface area contributed by atoms with Crippen LogP contribution in [-0.2, 0) is 4.79 Å². The fourth-order valence-corrected chi connectivity index (χ4v) is 1.18. The van der Waals surface area contributed by atoms with Crippen LogP contribution in [0.4, 0.5) is 0 Å². The molecule has 0 aliphatic rings. The Kier molecular flexibility index (Phi) is 5.13. The molecule has 1 unspecified atom stereocenters. The lowest BCUT2D eigenvalue weighted by Gasteiger charge is -2.13. The number of ether oxygens (including phenoxy) is 1. The van der Waals surface area contributed by atoms with Gasteiger partial charge in [-0.1, -0.05) is 6.92 Å². The first-order valence-electron chi connectivity index (χ1n) is 5.53. The Labute approximate surface area is 100 Å². The van der Waals surface area contributed by atoms with Crippen molar-refractivity contribution in [2.75, 3.05) is 6.54 Å². The van der Waals surface area contributed by atoms with Crippen molar-refractivity contribution >= 4 is 12.2 Å². The molecule has 0 saturated heterocycles. The minimum absolute atomic E-state index is 0.161. The van der Waals surface area contributed by atoms with E-state index in [2.05, 4.69) is 10.3 Å². The van der Waals surface area contributed by atoms with E-state index in [-0.39, 0.29) is 5.91 Å². The van der Waals surface area contributed by atoms with Crippen LogP contribution in [0.2, 0.25) is 0 Å². The van der Waals surface area contributed by atoms with Crippen LogP contribution in [0.25, 0.3) is 0 Å². The fraction of sp³-hybridized carbons (Fsp3) is 0.417. The lowest BCUT2D eigenvalue weighted by atomic mass is 10.3. The van der Waals surface area contributed by atoms with Crippen LogP contribution < -0.4 is 10.1 Å². The topological polar surface area (TPSA) is 68.3 Å². The summed E-state index contributed by atoms with van der Waals surface area (Å²) in [5.74, 6) is 0.307. The van der Waals surface area contributed by atoms with E-state index in [1.165, 1.54) is 6.20 Å². The molecule has 92 valence electrons. The maximum atomic E-state index is 11.5. The van der Waals surface area contributed by atoms with E-state index in [1.54, 1.807) is 19.1 Å². The molecule has 1 aromatic rings. The normalized spacial score (nSPS) is 11.6. The second-order valence-electron chi connectivity index (χ2n) is 3.59. The first-order chi connectivity index (χ1) is 8.17. The van der Waals surface area contributed by atoms with Crippen LogP contribution in [0.1, 0.15) is 30.8 Å². The largest absolute Gasteiger partial charge is 0.479 e. The highest BCUT2D eigenvalue weighted by molar-refractivity contribution is 5.80. The lowest BCUT2D eigenvalue weighted by molar-refractivity contribution is -0.127. The molecule has 0 aromatic carbocycles. The molecule has 1 rings (SSSR count). The molecule has 1 amide bonds. The molecule has 1 atom stereocenters. The molecular formula is C12H16N2O3. The molecular weight excluding hydrogens is 220 g/mol. The van der Waals surface area contributed by atoms with Gasteiger partial charge in [-0.25, -0.2) is 4.98 Å². The molecule has 1 aromatic heterocycles. The molecule has 0 spiro atoms. The number of hydrogen-bond acceptors (Lipinski definition) is 4. The van der Waals surface area contributed by atoms with Crippen LogP contribution in [-0.4, -0.2) is 29.8 Å². The van der Waals surface area contributed by atoms with Crippen molar-refractivity contribution in [1.82, 2.24) is 10.3 Å². The van der Waals surface area contributed by atoms with Gasteiger partial charge in [0, 0.05) is 6.54 Å². The molecule has 1 heterocycles. The third-order valence-corrected chi connectivity index (χ3v) is 2.11. The highest BCUT2D eigenvalue weighted by atomic mass is 16.5. The third-order valence-electron chi connectivity index (χ3n) is 2.11. The Morgan fingerprint density at radius 3 is 2.88 bits per heavy atom. The predicted molar refractivity (Wildman–Crippen MR) is 63.0 cm³/mol. The minimum Gasteiger partial charge on any atom is -0.479 e. The zero-order valence-electron chi connectivity index (χ0n) is 9.97. The number of amides is 1. The number of hydrogen-bond donors (Lipinski definition) is 1. The average molecular weight is 236 g/mol. The van der Waals surface area contributed by atoms with Gasteiger partial charge >= 0.3 is 0 Å². The number of carbonyl (C=O) groups excluding carboxylic acids is 2. The van der Waals surface area contributed by atoms with Crippen LogP contribution in [0.5, 0.6) is 5.75 Å². The number of nitrogens with one attached hydrogen (secondary N) is 1. The van der Waals surface area contributed by atoms with Crippen molar-refractivity contribution in [3.8, 4) is 5.75 Å². The average Bonchev–Trinajstić information content (AvgIpc) is 2.36. The molecule has 0 saturated carbocycles. The maximum Gasteiger partial charge on any atom is 0.260 e. The van der Waals surface area contributed by atoms with Crippen molar-refractivity contribution in [1.29, 1.82) is 0 Å². The Morgan fingerprint density at radius 2 is 2.35 bits per heavy atom.